The summed E-state index contributed by atoms with van der Waals surface area (Å²) in [5, 5.41) is 0. The van der Waals surface area contributed by atoms with E-state index in [4.69, 9.17) is 0 Å². The highest BCUT2D eigenvalue weighted by Crippen LogP contribution is 2.42. The van der Waals surface area contributed by atoms with E-state index < -0.39 is 17.8 Å². The van der Waals surface area contributed by atoms with Gasteiger partial charge in [-0.25, -0.2) is 0 Å². The first-order valence-corrected chi connectivity index (χ1v) is 5.79. The fourth-order valence-electron chi connectivity index (χ4n) is 1.69. The van der Waals surface area contributed by atoms with Crippen LogP contribution in [0.1, 0.15) is 5.69 Å². The molecule has 0 N–H and O–H groups in total. The fraction of sp³-hybridized carbons (Fsp3) is 0.231. The summed E-state index contributed by atoms with van der Waals surface area (Å²) in [4.78, 5) is 7.20. The first-order chi connectivity index (χ1) is 9.77. The smallest absolute Gasteiger partial charge is 0.301 e. The molecule has 8 heteroatoms. The van der Waals surface area contributed by atoms with E-state index in [1.807, 2.05) is 0 Å². The van der Waals surface area contributed by atoms with Crippen molar-refractivity contribution in [2.75, 3.05) is 7.05 Å². The Balaban J connectivity index is 2.45. The Morgan fingerprint density at radius 2 is 1.76 bits per heavy atom. The van der Waals surface area contributed by atoms with Crippen LogP contribution in [0.3, 0.4) is 0 Å². The van der Waals surface area contributed by atoms with Gasteiger partial charge in [0.2, 0.25) is 0 Å². The highest BCUT2D eigenvalue weighted by molar-refractivity contribution is 5.31. The number of rotatable bonds is 2. The molecule has 0 fully saturated rings. The van der Waals surface area contributed by atoms with Crippen molar-refractivity contribution in [2.24, 2.45) is 4.99 Å². The maximum atomic E-state index is 13.1. The SMILES string of the molecule is CN=c1ccccn1-c1ccc(C(F)(F)C(F)(F)F)nc1. The van der Waals surface area contributed by atoms with E-state index in [1.165, 1.54) is 11.6 Å². The molecule has 2 aromatic heterocycles. The van der Waals surface area contributed by atoms with Gasteiger partial charge in [-0.1, -0.05) is 6.07 Å². The molecule has 112 valence electrons. The molecule has 0 amide bonds. The van der Waals surface area contributed by atoms with Gasteiger partial charge in [-0.15, -0.1) is 0 Å². The number of pyridine rings is 2. The Hall–Kier alpha value is -2.25. The van der Waals surface area contributed by atoms with E-state index in [1.54, 1.807) is 24.4 Å². The van der Waals surface area contributed by atoms with Crippen LogP contribution in [0.25, 0.3) is 5.69 Å². The summed E-state index contributed by atoms with van der Waals surface area (Å²) in [5.41, 5.74) is -0.502. The monoisotopic (exact) mass is 303 g/mol. The molecule has 0 spiro atoms. The third kappa shape index (κ3) is 2.79. The zero-order valence-corrected chi connectivity index (χ0v) is 10.8. The second-order valence-electron chi connectivity index (χ2n) is 4.13. The van der Waals surface area contributed by atoms with Gasteiger partial charge in [-0.3, -0.25) is 9.98 Å². The van der Waals surface area contributed by atoms with Gasteiger partial charge in [0.25, 0.3) is 0 Å². The largest absolute Gasteiger partial charge is 0.459 e. The Morgan fingerprint density at radius 1 is 1.05 bits per heavy atom. The van der Waals surface area contributed by atoms with E-state index in [0.717, 1.165) is 12.3 Å². The van der Waals surface area contributed by atoms with Crippen LogP contribution in [0.15, 0.2) is 47.7 Å². The van der Waals surface area contributed by atoms with E-state index >= 15 is 0 Å². The third-order valence-corrected chi connectivity index (χ3v) is 2.77. The van der Waals surface area contributed by atoms with Crippen LogP contribution in [-0.4, -0.2) is 22.8 Å². The summed E-state index contributed by atoms with van der Waals surface area (Å²) >= 11 is 0. The first-order valence-electron chi connectivity index (χ1n) is 5.79. The van der Waals surface area contributed by atoms with Crippen molar-refractivity contribution >= 4 is 0 Å². The number of hydrogen-bond donors (Lipinski definition) is 0. The molecular weight excluding hydrogens is 293 g/mol. The number of alkyl halides is 5. The van der Waals surface area contributed by atoms with Crippen LogP contribution in [-0.2, 0) is 5.92 Å². The zero-order chi connectivity index (χ0) is 15.7. The van der Waals surface area contributed by atoms with Crippen molar-refractivity contribution in [1.29, 1.82) is 0 Å². The summed E-state index contributed by atoms with van der Waals surface area (Å²) in [6, 6.07) is 6.85. The Labute approximate surface area is 116 Å². The summed E-state index contributed by atoms with van der Waals surface area (Å²) in [6.45, 7) is 0. The number of nitrogens with zero attached hydrogens (tertiary/aromatic N) is 3. The van der Waals surface area contributed by atoms with E-state index in [9.17, 15) is 22.0 Å². The number of hydrogen-bond acceptors (Lipinski definition) is 2. The predicted molar refractivity (Wildman–Crippen MR) is 65.0 cm³/mol. The molecule has 21 heavy (non-hydrogen) atoms. The van der Waals surface area contributed by atoms with Crippen LogP contribution in [0, 0.1) is 0 Å². The lowest BCUT2D eigenvalue weighted by Gasteiger charge is -2.19. The summed E-state index contributed by atoms with van der Waals surface area (Å²) in [5.74, 6) is -4.98. The number of halogens is 5. The number of aromatic nitrogens is 2. The average molecular weight is 303 g/mol. The normalized spacial score (nSPS) is 13.5. The molecule has 0 aliphatic rings. The quantitative estimate of drug-likeness (QED) is 0.784. The molecule has 2 rings (SSSR count). The molecule has 0 atom stereocenters. The Kier molecular flexibility index (Phi) is 3.80. The van der Waals surface area contributed by atoms with Crippen LogP contribution in [0.5, 0.6) is 0 Å². The lowest BCUT2D eigenvalue weighted by atomic mass is 10.2. The van der Waals surface area contributed by atoms with Gasteiger partial charge in [0, 0.05) is 13.2 Å². The molecule has 2 aromatic rings. The van der Waals surface area contributed by atoms with Crippen LogP contribution < -0.4 is 5.49 Å². The van der Waals surface area contributed by atoms with Crippen molar-refractivity contribution in [1.82, 2.24) is 9.55 Å². The molecule has 0 saturated heterocycles. The van der Waals surface area contributed by atoms with Crippen molar-refractivity contribution in [3.8, 4) is 5.69 Å². The van der Waals surface area contributed by atoms with Gasteiger partial charge in [0.1, 0.15) is 11.2 Å². The molecule has 0 aliphatic heterocycles. The molecule has 2 heterocycles. The molecule has 0 aromatic carbocycles. The minimum atomic E-state index is -5.68. The van der Waals surface area contributed by atoms with Crippen molar-refractivity contribution in [2.45, 2.75) is 12.1 Å². The van der Waals surface area contributed by atoms with Crippen molar-refractivity contribution in [3.63, 3.8) is 0 Å². The Bertz CT molecular complexity index is 686. The molecule has 0 saturated carbocycles. The molecule has 3 nitrogen and oxygen atoms in total. The minimum absolute atomic E-state index is 0.331. The van der Waals surface area contributed by atoms with Crippen LogP contribution in [0.2, 0.25) is 0 Å². The van der Waals surface area contributed by atoms with Crippen molar-refractivity contribution < 1.29 is 22.0 Å². The molecular formula is C13H10F5N3. The van der Waals surface area contributed by atoms with Gasteiger partial charge < -0.3 is 4.57 Å². The summed E-state index contributed by atoms with van der Waals surface area (Å²) < 4.78 is 64.5. The van der Waals surface area contributed by atoms with Gasteiger partial charge in [0.05, 0.1) is 11.9 Å². The summed E-state index contributed by atoms with van der Waals surface area (Å²) in [6.07, 6.45) is -3.13. The van der Waals surface area contributed by atoms with Gasteiger partial charge in [-0.05, 0) is 24.3 Å². The first kappa shape index (κ1) is 15.1. The van der Waals surface area contributed by atoms with E-state index in [0.29, 0.717) is 17.2 Å². The lowest BCUT2D eigenvalue weighted by molar-refractivity contribution is -0.290. The van der Waals surface area contributed by atoms with Gasteiger partial charge in [0.15, 0.2) is 0 Å². The predicted octanol–water partition coefficient (Wildman–Crippen LogP) is 3.06. The summed E-state index contributed by atoms with van der Waals surface area (Å²) in [7, 11) is 1.53. The van der Waals surface area contributed by atoms with Crippen LogP contribution in [0.4, 0.5) is 22.0 Å². The van der Waals surface area contributed by atoms with Crippen LogP contribution >= 0.6 is 0 Å². The second kappa shape index (κ2) is 5.27. The second-order valence-corrected chi connectivity index (χ2v) is 4.13. The lowest BCUT2D eigenvalue weighted by Crippen LogP contribution is -2.34. The highest BCUT2D eigenvalue weighted by Gasteiger charge is 2.59. The third-order valence-electron chi connectivity index (χ3n) is 2.77. The van der Waals surface area contributed by atoms with Gasteiger partial charge >= 0.3 is 12.1 Å². The zero-order valence-electron chi connectivity index (χ0n) is 10.8. The molecule has 0 aliphatic carbocycles. The maximum absolute atomic E-state index is 13.1. The van der Waals surface area contributed by atoms with Gasteiger partial charge in [-0.2, -0.15) is 22.0 Å². The average Bonchev–Trinajstić information content (AvgIpc) is 2.46. The molecule has 0 bridgehead atoms. The van der Waals surface area contributed by atoms with Crippen molar-refractivity contribution in [3.05, 3.63) is 53.9 Å². The minimum Gasteiger partial charge on any atom is -0.301 e. The standard InChI is InChI=1S/C13H10F5N3/c1-19-11-4-2-3-7-21(11)9-5-6-10(20-8-9)12(14,15)13(16,17)18/h2-8H,1H3. The molecule has 0 unspecified atom stereocenters. The van der Waals surface area contributed by atoms with E-state index in [-0.39, 0.29) is 0 Å². The van der Waals surface area contributed by atoms with E-state index in [2.05, 4.69) is 9.98 Å². The highest BCUT2D eigenvalue weighted by atomic mass is 19.4. The Morgan fingerprint density at radius 3 is 2.29 bits per heavy atom. The topological polar surface area (TPSA) is 30.2 Å². The molecule has 0 radical (unpaired) electrons. The fourth-order valence-corrected chi connectivity index (χ4v) is 1.69. The maximum Gasteiger partial charge on any atom is 0.459 e.